The lowest BCUT2D eigenvalue weighted by Crippen LogP contribution is -2.26. The normalized spacial score (nSPS) is 12.9. The van der Waals surface area contributed by atoms with Crippen molar-refractivity contribution in [3.8, 4) is 11.5 Å². The number of halogens is 2. The predicted molar refractivity (Wildman–Crippen MR) is 70.2 cm³/mol. The van der Waals surface area contributed by atoms with E-state index in [1.807, 2.05) is 19.0 Å². The number of aromatic nitrogens is 2. The third-order valence-corrected chi connectivity index (χ3v) is 2.79. The van der Waals surface area contributed by atoms with Gasteiger partial charge in [0.15, 0.2) is 5.82 Å². The fourth-order valence-corrected chi connectivity index (χ4v) is 1.79. The molecule has 1 atom stereocenters. The number of nitrogens with zero attached hydrogens (tertiary/aromatic N) is 3. The number of benzene rings is 1. The molecule has 1 aromatic carbocycles. The van der Waals surface area contributed by atoms with E-state index in [0.29, 0.717) is 17.9 Å². The summed E-state index contributed by atoms with van der Waals surface area (Å²) in [6.45, 7) is 0.600. The summed E-state index contributed by atoms with van der Waals surface area (Å²) in [6, 6.07) is 3.87. The molecule has 1 unspecified atom stereocenters. The second-order valence-corrected chi connectivity index (χ2v) is 4.86. The second kappa shape index (κ2) is 5.64. The molecule has 0 saturated heterocycles. The van der Waals surface area contributed by atoms with Crippen LogP contribution in [0.5, 0.6) is 0 Å². The highest BCUT2D eigenvalue weighted by Gasteiger charge is 2.16. The fourth-order valence-electron chi connectivity index (χ4n) is 1.61. The number of hydrogen-bond donors (Lipinski definition) is 1. The molecule has 0 aliphatic heterocycles. The third-order valence-electron chi connectivity index (χ3n) is 2.50. The molecule has 1 heterocycles. The van der Waals surface area contributed by atoms with E-state index in [9.17, 15) is 4.39 Å². The van der Waals surface area contributed by atoms with Gasteiger partial charge >= 0.3 is 0 Å². The minimum Gasteiger partial charge on any atom is -0.334 e. The Kier molecular flexibility index (Phi) is 4.14. The Hall–Kier alpha value is -1.50. The molecule has 2 rings (SSSR count). The minimum absolute atomic E-state index is 0.00911. The first-order valence-corrected chi connectivity index (χ1v) is 6.04. The van der Waals surface area contributed by atoms with Crippen LogP contribution in [0, 0.1) is 5.82 Å². The van der Waals surface area contributed by atoms with Gasteiger partial charge in [-0.3, -0.25) is 0 Å². The number of hydrogen-bond acceptors (Lipinski definition) is 5. The van der Waals surface area contributed by atoms with Crippen molar-refractivity contribution in [2.24, 2.45) is 5.73 Å². The fraction of sp³-hybridized carbons (Fsp3) is 0.333. The molecule has 0 radical (unpaired) electrons. The summed E-state index contributed by atoms with van der Waals surface area (Å²) in [4.78, 5) is 6.12. The number of nitrogens with two attached hydrogens (primary N) is 1. The van der Waals surface area contributed by atoms with Gasteiger partial charge in [0.05, 0.1) is 11.1 Å². The highest BCUT2D eigenvalue weighted by atomic mass is 35.5. The van der Waals surface area contributed by atoms with Crippen LogP contribution >= 0.6 is 11.6 Å². The van der Waals surface area contributed by atoms with Gasteiger partial charge in [0.2, 0.25) is 0 Å². The van der Waals surface area contributed by atoms with Crippen LogP contribution in [-0.2, 0) is 0 Å². The first-order chi connectivity index (χ1) is 8.97. The van der Waals surface area contributed by atoms with Gasteiger partial charge in [0.25, 0.3) is 5.89 Å². The molecule has 5 nitrogen and oxygen atoms in total. The first-order valence-electron chi connectivity index (χ1n) is 5.66. The van der Waals surface area contributed by atoms with Gasteiger partial charge in [-0.1, -0.05) is 16.8 Å². The highest BCUT2D eigenvalue weighted by molar-refractivity contribution is 6.31. The second-order valence-electron chi connectivity index (χ2n) is 4.46. The van der Waals surface area contributed by atoms with E-state index < -0.39 is 5.82 Å². The summed E-state index contributed by atoms with van der Waals surface area (Å²) in [5, 5.41) is 3.83. The van der Waals surface area contributed by atoms with Crippen LogP contribution in [0.4, 0.5) is 4.39 Å². The smallest absolute Gasteiger partial charge is 0.258 e. The average Bonchev–Trinajstić information content (AvgIpc) is 2.81. The molecule has 2 N–H and O–H groups in total. The molecule has 0 spiro atoms. The van der Waals surface area contributed by atoms with Crippen LogP contribution in [0.3, 0.4) is 0 Å². The molecule has 0 aliphatic rings. The maximum atomic E-state index is 13.1. The van der Waals surface area contributed by atoms with E-state index in [1.165, 1.54) is 18.2 Å². The first kappa shape index (κ1) is 13.9. The molecule has 102 valence electrons. The van der Waals surface area contributed by atoms with E-state index in [2.05, 4.69) is 10.1 Å². The van der Waals surface area contributed by atoms with E-state index in [-0.39, 0.29) is 17.0 Å². The van der Waals surface area contributed by atoms with E-state index in [4.69, 9.17) is 21.9 Å². The maximum Gasteiger partial charge on any atom is 0.258 e. The number of likely N-dealkylation sites (N-methyl/N-ethyl adjacent to an activating group) is 1. The Morgan fingerprint density at radius 3 is 2.84 bits per heavy atom. The molecule has 0 amide bonds. The zero-order valence-corrected chi connectivity index (χ0v) is 11.4. The Bertz CT molecular complexity index is 573. The predicted octanol–water partition coefficient (Wildman–Crippen LogP) is 2.09. The van der Waals surface area contributed by atoms with Crippen LogP contribution in [0.15, 0.2) is 22.7 Å². The van der Waals surface area contributed by atoms with Crippen molar-refractivity contribution in [1.82, 2.24) is 15.0 Å². The van der Waals surface area contributed by atoms with Crippen molar-refractivity contribution in [1.29, 1.82) is 0 Å². The zero-order valence-electron chi connectivity index (χ0n) is 10.6. The Balaban J connectivity index is 2.22. The molecule has 19 heavy (non-hydrogen) atoms. The van der Waals surface area contributed by atoms with Gasteiger partial charge in [-0.05, 0) is 32.3 Å². The quantitative estimate of drug-likeness (QED) is 0.931. The summed E-state index contributed by atoms with van der Waals surface area (Å²) in [5.74, 6) is 0.185. The van der Waals surface area contributed by atoms with Gasteiger partial charge in [0, 0.05) is 12.1 Å². The summed E-state index contributed by atoms with van der Waals surface area (Å²) in [6.07, 6.45) is 0. The van der Waals surface area contributed by atoms with Crippen molar-refractivity contribution in [3.63, 3.8) is 0 Å². The molecule has 2 aromatic rings. The molecule has 1 aromatic heterocycles. The van der Waals surface area contributed by atoms with Gasteiger partial charge in [-0.25, -0.2) is 4.39 Å². The van der Waals surface area contributed by atoms with Gasteiger partial charge in [-0.15, -0.1) is 0 Å². The lowest BCUT2D eigenvalue weighted by molar-refractivity contribution is 0.357. The monoisotopic (exact) mass is 284 g/mol. The zero-order chi connectivity index (χ0) is 14.0. The van der Waals surface area contributed by atoms with Crippen molar-refractivity contribution in [3.05, 3.63) is 34.9 Å². The highest BCUT2D eigenvalue weighted by Crippen LogP contribution is 2.24. The lowest BCUT2D eigenvalue weighted by atomic mass is 10.2. The van der Waals surface area contributed by atoms with Gasteiger partial charge < -0.3 is 15.2 Å². The van der Waals surface area contributed by atoms with Crippen molar-refractivity contribution in [2.75, 3.05) is 20.6 Å². The molecule has 7 heteroatoms. The maximum absolute atomic E-state index is 13.1. The molecule has 0 aliphatic carbocycles. The van der Waals surface area contributed by atoms with Gasteiger partial charge in [0.1, 0.15) is 5.82 Å². The summed E-state index contributed by atoms with van der Waals surface area (Å²) in [7, 11) is 3.81. The van der Waals surface area contributed by atoms with Crippen molar-refractivity contribution >= 4 is 11.6 Å². The summed E-state index contributed by atoms with van der Waals surface area (Å²) in [5.41, 5.74) is 6.49. The Morgan fingerprint density at radius 2 is 2.21 bits per heavy atom. The van der Waals surface area contributed by atoms with Crippen LogP contribution in [0.2, 0.25) is 5.02 Å². The molecular formula is C12H14ClFN4O. The van der Waals surface area contributed by atoms with Crippen molar-refractivity contribution < 1.29 is 8.91 Å². The largest absolute Gasteiger partial charge is 0.334 e. The number of rotatable bonds is 4. The average molecular weight is 285 g/mol. The van der Waals surface area contributed by atoms with E-state index in [0.717, 1.165) is 0 Å². The van der Waals surface area contributed by atoms with Crippen LogP contribution < -0.4 is 5.73 Å². The van der Waals surface area contributed by atoms with Crippen LogP contribution in [-0.4, -0.2) is 35.7 Å². The topological polar surface area (TPSA) is 68.2 Å². The Morgan fingerprint density at radius 1 is 1.47 bits per heavy atom. The minimum atomic E-state index is -0.491. The SMILES string of the molecule is CN(C)CC(N)c1noc(-c2ccc(F)c(Cl)c2)n1. The van der Waals surface area contributed by atoms with E-state index >= 15 is 0 Å². The van der Waals surface area contributed by atoms with Crippen molar-refractivity contribution in [2.45, 2.75) is 6.04 Å². The Labute approximate surface area is 115 Å². The summed E-state index contributed by atoms with van der Waals surface area (Å²) >= 11 is 5.71. The van der Waals surface area contributed by atoms with Gasteiger partial charge in [-0.2, -0.15) is 4.98 Å². The lowest BCUT2D eigenvalue weighted by Gasteiger charge is -2.12. The van der Waals surface area contributed by atoms with E-state index in [1.54, 1.807) is 0 Å². The third kappa shape index (κ3) is 3.28. The standard InChI is InChI=1S/C12H14ClFN4O/c1-18(2)6-10(15)11-16-12(19-17-11)7-3-4-9(14)8(13)5-7/h3-5,10H,6,15H2,1-2H3. The molecular weight excluding hydrogens is 271 g/mol. The molecule has 0 fully saturated rings. The van der Waals surface area contributed by atoms with Crippen LogP contribution in [0.1, 0.15) is 11.9 Å². The summed E-state index contributed by atoms with van der Waals surface area (Å²) < 4.78 is 18.2. The molecule has 0 saturated carbocycles. The molecule has 0 bridgehead atoms. The van der Waals surface area contributed by atoms with Crippen LogP contribution in [0.25, 0.3) is 11.5 Å².